The van der Waals surface area contributed by atoms with Crippen molar-refractivity contribution in [1.29, 1.82) is 0 Å². The molecule has 0 bridgehead atoms. The van der Waals surface area contributed by atoms with Crippen LogP contribution in [0, 0.1) is 0 Å². The highest BCUT2D eigenvalue weighted by Crippen LogP contribution is 2.16. The fraction of sp³-hybridized carbons (Fsp3) is 0.417. The van der Waals surface area contributed by atoms with Gasteiger partial charge < -0.3 is 5.32 Å². The summed E-state index contributed by atoms with van der Waals surface area (Å²) in [5.41, 5.74) is 1.04. The predicted molar refractivity (Wildman–Crippen MR) is 73.1 cm³/mol. The molecule has 0 saturated heterocycles. The molecule has 0 radical (unpaired) electrons. The van der Waals surface area contributed by atoms with E-state index in [0.29, 0.717) is 24.2 Å². The first-order chi connectivity index (χ1) is 8.46. The number of amides is 1. The molecule has 18 heavy (non-hydrogen) atoms. The Labute approximate surface area is 108 Å². The summed E-state index contributed by atoms with van der Waals surface area (Å²) in [5.74, 6) is -0.0259. The molecule has 0 aliphatic heterocycles. The fourth-order valence-electron chi connectivity index (χ4n) is 1.41. The van der Waals surface area contributed by atoms with Crippen LogP contribution < -0.4 is 10.0 Å². The lowest BCUT2D eigenvalue weighted by Crippen LogP contribution is -2.16. The lowest BCUT2D eigenvalue weighted by molar-refractivity contribution is -0.115. The van der Waals surface area contributed by atoms with Crippen molar-refractivity contribution in [3.05, 3.63) is 24.3 Å². The van der Waals surface area contributed by atoms with Crippen LogP contribution in [0.25, 0.3) is 0 Å². The summed E-state index contributed by atoms with van der Waals surface area (Å²) in [6, 6.07) is 6.65. The van der Waals surface area contributed by atoms with Crippen molar-refractivity contribution >= 4 is 27.3 Å². The summed E-state index contributed by atoms with van der Waals surface area (Å²) < 4.78 is 25.7. The molecule has 0 aliphatic carbocycles. The van der Waals surface area contributed by atoms with Crippen LogP contribution in [0.5, 0.6) is 0 Å². The molecule has 0 fully saturated rings. The Kier molecular flexibility index (Phi) is 5.15. The molecular formula is C12H18N2O3S. The molecule has 100 valence electrons. The second kappa shape index (κ2) is 6.39. The molecular weight excluding hydrogens is 252 g/mol. The molecule has 0 aliphatic rings. The maximum atomic E-state index is 11.6. The van der Waals surface area contributed by atoms with Crippen LogP contribution in [0.4, 0.5) is 11.4 Å². The Morgan fingerprint density at radius 3 is 2.50 bits per heavy atom. The third kappa shape index (κ3) is 4.75. The molecule has 1 aromatic rings. The third-order valence-electron chi connectivity index (χ3n) is 2.21. The Bertz CT molecular complexity index is 512. The summed E-state index contributed by atoms with van der Waals surface area (Å²) in [6.45, 7) is 3.56. The number of carbonyl (C=O) groups is 1. The highest BCUT2D eigenvalue weighted by atomic mass is 32.2. The van der Waals surface area contributed by atoms with E-state index >= 15 is 0 Å². The van der Waals surface area contributed by atoms with E-state index < -0.39 is 10.0 Å². The smallest absolute Gasteiger partial charge is 0.232 e. The largest absolute Gasteiger partial charge is 0.326 e. The van der Waals surface area contributed by atoms with Crippen molar-refractivity contribution in [1.82, 2.24) is 0 Å². The first-order valence-corrected chi connectivity index (χ1v) is 7.52. The van der Waals surface area contributed by atoms with Gasteiger partial charge in [0.25, 0.3) is 0 Å². The number of hydrogen-bond donors (Lipinski definition) is 2. The highest BCUT2D eigenvalue weighted by molar-refractivity contribution is 7.92. The van der Waals surface area contributed by atoms with Gasteiger partial charge in [-0.3, -0.25) is 9.52 Å². The number of rotatable bonds is 6. The highest BCUT2D eigenvalue weighted by Gasteiger charge is 2.09. The molecule has 0 aromatic heterocycles. The molecule has 2 N–H and O–H groups in total. The molecule has 1 aromatic carbocycles. The van der Waals surface area contributed by atoms with E-state index in [0.717, 1.165) is 0 Å². The second-order valence-corrected chi connectivity index (χ2v) is 5.75. The van der Waals surface area contributed by atoms with Crippen LogP contribution in [0.2, 0.25) is 0 Å². The zero-order valence-electron chi connectivity index (χ0n) is 10.6. The van der Waals surface area contributed by atoms with E-state index in [2.05, 4.69) is 10.0 Å². The lowest BCUT2D eigenvalue weighted by atomic mass is 10.3. The van der Waals surface area contributed by atoms with E-state index in [1.807, 2.05) is 0 Å². The Balaban J connectivity index is 2.79. The van der Waals surface area contributed by atoms with Gasteiger partial charge in [-0.05, 0) is 24.6 Å². The molecule has 0 heterocycles. The number of anilines is 2. The van der Waals surface area contributed by atoms with Crippen molar-refractivity contribution in [3.8, 4) is 0 Å². The molecule has 1 amide bonds. The SMILES string of the molecule is CCCS(=O)(=O)Nc1cccc(NC(=O)CC)c1. The topological polar surface area (TPSA) is 75.3 Å². The average molecular weight is 270 g/mol. The van der Waals surface area contributed by atoms with Crippen LogP contribution in [0.15, 0.2) is 24.3 Å². The molecule has 1 rings (SSSR count). The summed E-state index contributed by atoms with van der Waals surface area (Å²) >= 11 is 0. The maximum absolute atomic E-state index is 11.6. The summed E-state index contributed by atoms with van der Waals surface area (Å²) in [5, 5.41) is 2.68. The van der Waals surface area contributed by atoms with Gasteiger partial charge in [0, 0.05) is 12.1 Å². The number of nitrogens with one attached hydrogen (secondary N) is 2. The molecule has 0 spiro atoms. The van der Waals surface area contributed by atoms with Crippen LogP contribution in [-0.2, 0) is 14.8 Å². The van der Waals surface area contributed by atoms with Crippen molar-refractivity contribution in [2.75, 3.05) is 15.8 Å². The molecule has 5 nitrogen and oxygen atoms in total. The van der Waals surface area contributed by atoms with Gasteiger partial charge in [-0.1, -0.05) is 19.9 Å². The van der Waals surface area contributed by atoms with E-state index in [1.165, 1.54) is 0 Å². The normalized spacial score (nSPS) is 11.0. The second-order valence-electron chi connectivity index (χ2n) is 3.90. The van der Waals surface area contributed by atoms with Crippen LogP contribution in [0.1, 0.15) is 26.7 Å². The van der Waals surface area contributed by atoms with Crippen molar-refractivity contribution in [2.45, 2.75) is 26.7 Å². The van der Waals surface area contributed by atoms with Crippen LogP contribution in [0.3, 0.4) is 0 Å². The fourth-order valence-corrected chi connectivity index (χ4v) is 2.53. The van der Waals surface area contributed by atoms with E-state index in [-0.39, 0.29) is 11.7 Å². The summed E-state index contributed by atoms with van der Waals surface area (Å²) in [4.78, 5) is 11.2. The van der Waals surface area contributed by atoms with Gasteiger partial charge in [0.05, 0.1) is 11.4 Å². The maximum Gasteiger partial charge on any atom is 0.232 e. The quantitative estimate of drug-likeness (QED) is 0.832. The molecule has 0 atom stereocenters. The number of sulfonamides is 1. The van der Waals surface area contributed by atoms with Gasteiger partial charge in [-0.25, -0.2) is 8.42 Å². The van der Waals surface area contributed by atoms with Crippen LogP contribution >= 0.6 is 0 Å². The van der Waals surface area contributed by atoms with Gasteiger partial charge in [0.2, 0.25) is 15.9 Å². The zero-order chi connectivity index (χ0) is 13.6. The molecule has 0 saturated carbocycles. The van der Waals surface area contributed by atoms with Crippen molar-refractivity contribution in [2.24, 2.45) is 0 Å². The van der Waals surface area contributed by atoms with Crippen LogP contribution in [-0.4, -0.2) is 20.1 Å². The minimum Gasteiger partial charge on any atom is -0.326 e. The van der Waals surface area contributed by atoms with Gasteiger partial charge in [-0.2, -0.15) is 0 Å². The Hall–Kier alpha value is -1.56. The number of hydrogen-bond acceptors (Lipinski definition) is 3. The van der Waals surface area contributed by atoms with Crippen molar-refractivity contribution in [3.63, 3.8) is 0 Å². The van der Waals surface area contributed by atoms with Gasteiger partial charge in [0.15, 0.2) is 0 Å². The van der Waals surface area contributed by atoms with Gasteiger partial charge in [0.1, 0.15) is 0 Å². The van der Waals surface area contributed by atoms with E-state index in [9.17, 15) is 13.2 Å². The first-order valence-electron chi connectivity index (χ1n) is 5.87. The minimum absolute atomic E-state index is 0.0819. The van der Waals surface area contributed by atoms with Crippen molar-refractivity contribution < 1.29 is 13.2 Å². The zero-order valence-corrected chi connectivity index (χ0v) is 11.4. The molecule has 6 heteroatoms. The Morgan fingerprint density at radius 1 is 1.22 bits per heavy atom. The summed E-state index contributed by atoms with van der Waals surface area (Å²) in [6.07, 6.45) is 0.938. The lowest BCUT2D eigenvalue weighted by Gasteiger charge is -2.09. The van der Waals surface area contributed by atoms with Gasteiger partial charge >= 0.3 is 0 Å². The summed E-state index contributed by atoms with van der Waals surface area (Å²) in [7, 11) is -3.30. The average Bonchev–Trinajstić information content (AvgIpc) is 2.28. The van der Waals surface area contributed by atoms with E-state index in [1.54, 1.807) is 38.1 Å². The monoisotopic (exact) mass is 270 g/mol. The number of carbonyl (C=O) groups excluding carboxylic acids is 1. The predicted octanol–water partition coefficient (Wildman–Crippen LogP) is 2.19. The molecule has 0 unspecified atom stereocenters. The third-order valence-corrected chi connectivity index (χ3v) is 3.71. The first kappa shape index (κ1) is 14.5. The van der Waals surface area contributed by atoms with Gasteiger partial charge in [-0.15, -0.1) is 0 Å². The standard InChI is InChI=1S/C12H18N2O3S/c1-3-8-18(16,17)14-11-7-5-6-10(9-11)13-12(15)4-2/h5-7,9,14H,3-4,8H2,1-2H3,(H,13,15). The minimum atomic E-state index is -3.30. The van der Waals surface area contributed by atoms with E-state index in [4.69, 9.17) is 0 Å². The Morgan fingerprint density at radius 2 is 1.89 bits per heavy atom. The number of benzene rings is 1.